The van der Waals surface area contributed by atoms with Crippen molar-refractivity contribution in [2.45, 2.75) is 6.92 Å². The normalized spacial score (nSPS) is 12.3. The fourth-order valence-electron chi connectivity index (χ4n) is 1.92. The smallest absolute Gasteiger partial charge is 0.278 e. The van der Waals surface area contributed by atoms with Gasteiger partial charge in [0.15, 0.2) is 11.5 Å². The number of carbonyl (C=O) groups excluding carboxylic acids is 1. The summed E-state index contributed by atoms with van der Waals surface area (Å²) in [5.41, 5.74) is 8.03. The summed E-state index contributed by atoms with van der Waals surface area (Å²) in [4.78, 5) is 20.4. The zero-order valence-corrected chi connectivity index (χ0v) is 12.9. The van der Waals surface area contributed by atoms with Gasteiger partial charge < -0.3 is 11.1 Å². The summed E-state index contributed by atoms with van der Waals surface area (Å²) in [5, 5.41) is 2.74. The lowest BCUT2D eigenvalue weighted by Gasteiger charge is -2.08. The van der Waals surface area contributed by atoms with Gasteiger partial charge in [0.25, 0.3) is 5.91 Å². The van der Waals surface area contributed by atoms with Gasteiger partial charge in [-0.1, -0.05) is 48.5 Å². The Balaban J connectivity index is 2.32. The van der Waals surface area contributed by atoms with Gasteiger partial charge in [-0.25, -0.2) is 9.98 Å². The molecule has 0 aliphatic rings. The van der Waals surface area contributed by atoms with Crippen LogP contribution in [0.5, 0.6) is 0 Å². The molecule has 0 spiro atoms. The van der Waals surface area contributed by atoms with Crippen molar-refractivity contribution in [3.63, 3.8) is 0 Å². The van der Waals surface area contributed by atoms with E-state index in [1.807, 2.05) is 55.5 Å². The predicted molar refractivity (Wildman–Crippen MR) is 94.5 cm³/mol. The molecule has 3 N–H and O–H groups in total. The van der Waals surface area contributed by atoms with E-state index < -0.39 is 5.91 Å². The number of anilines is 1. The average molecular weight is 306 g/mol. The van der Waals surface area contributed by atoms with Gasteiger partial charge >= 0.3 is 0 Å². The van der Waals surface area contributed by atoms with Crippen LogP contribution >= 0.6 is 0 Å². The minimum Gasteiger partial charge on any atom is -0.382 e. The first-order valence-electron chi connectivity index (χ1n) is 7.05. The molecule has 0 radical (unpaired) electrons. The number of para-hydroxylation sites is 1. The third kappa shape index (κ3) is 4.38. The first-order valence-corrected chi connectivity index (χ1v) is 7.05. The highest BCUT2D eigenvalue weighted by Crippen LogP contribution is 2.12. The summed E-state index contributed by atoms with van der Waals surface area (Å²) < 4.78 is 0. The number of hydrogen-bond donors (Lipinski definition) is 2. The number of benzene rings is 2. The Labute approximate surface area is 135 Å². The minimum absolute atomic E-state index is 0.0197. The predicted octanol–water partition coefficient (Wildman–Crippen LogP) is 2.96. The second-order valence-electron chi connectivity index (χ2n) is 4.78. The minimum atomic E-state index is -0.434. The maximum atomic E-state index is 12.4. The van der Waals surface area contributed by atoms with Gasteiger partial charge in [-0.15, -0.1) is 0 Å². The Morgan fingerprint density at radius 1 is 1.04 bits per heavy atom. The molecule has 0 unspecified atom stereocenters. The molecule has 2 aromatic rings. The van der Waals surface area contributed by atoms with E-state index in [0.717, 1.165) is 5.56 Å². The molecule has 5 heteroatoms. The lowest BCUT2D eigenvalue weighted by atomic mass is 10.1. The van der Waals surface area contributed by atoms with Crippen molar-refractivity contribution in [2.75, 3.05) is 5.32 Å². The summed E-state index contributed by atoms with van der Waals surface area (Å²) in [6.07, 6.45) is 0. The topological polar surface area (TPSA) is 79.8 Å². The van der Waals surface area contributed by atoms with E-state index in [1.165, 1.54) is 0 Å². The molecule has 23 heavy (non-hydrogen) atoms. The van der Waals surface area contributed by atoms with Gasteiger partial charge in [0.05, 0.1) is 0 Å². The van der Waals surface area contributed by atoms with Crippen molar-refractivity contribution < 1.29 is 4.79 Å². The fourth-order valence-corrected chi connectivity index (χ4v) is 1.92. The zero-order valence-electron chi connectivity index (χ0n) is 12.9. The van der Waals surface area contributed by atoms with Crippen LogP contribution in [0.15, 0.2) is 82.2 Å². The van der Waals surface area contributed by atoms with Gasteiger partial charge in [0.1, 0.15) is 0 Å². The van der Waals surface area contributed by atoms with Gasteiger partial charge in [0, 0.05) is 11.4 Å². The van der Waals surface area contributed by atoms with E-state index in [1.54, 1.807) is 12.1 Å². The van der Waals surface area contributed by atoms with Crippen molar-refractivity contribution in [1.82, 2.24) is 0 Å². The number of aliphatic imine (C=N–C) groups is 2. The highest BCUT2D eigenvalue weighted by atomic mass is 16.2. The van der Waals surface area contributed by atoms with Crippen LogP contribution in [0.1, 0.15) is 12.5 Å². The van der Waals surface area contributed by atoms with E-state index in [9.17, 15) is 4.79 Å². The summed E-state index contributed by atoms with van der Waals surface area (Å²) >= 11 is 0. The Kier molecular flexibility index (Phi) is 5.41. The van der Waals surface area contributed by atoms with E-state index in [0.29, 0.717) is 11.4 Å². The zero-order chi connectivity index (χ0) is 16.7. The quantitative estimate of drug-likeness (QED) is 0.658. The van der Waals surface area contributed by atoms with Crippen molar-refractivity contribution in [3.05, 3.63) is 77.7 Å². The van der Waals surface area contributed by atoms with Crippen molar-refractivity contribution in [2.24, 2.45) is 15.7 Å². The average Bonchev–Trinajstić information content (AvgIpc) is 2.60. The second-order valence-corrected chi connectivity index (χ2v) is 4.78. The largest absolute Gasteiger partial charge is 0.382 e. The highest BCUT2D eigenvalue weighted by molar-refractivity contribution is 6.08. The van der Waals surface area contributed by atoms with Gasteiger partial charge in [-0.3, -0.25) is 4.79 Å². The lowest BCUT2D eigenvalue weighted by Crippen LogP contribution is -2.18. The molecule has 0 aliphatic heterocycles. The maximum Gasteiger partial charge on any atom is 0.278 e. The van der Waals surface area contributed by atoms with Crippen molar-refractivity contribution in [3.8, 4) is 0 Å². The summed E-state index contributed by atoms with van der Waals surface area (Å²) in [5.74, 6) is -0.454. The number of nitrogens with one attached hydrogen (secondary N) is 1. The maximum absolute atomic E-state index is 12.4. The SMILES string of the molecule is C=N/C(N)=C(\N=C(/C)c1ccccc1)C(=O)Nc1ccccc1. The van der Waals surface area contributed by atoms with Crippen LogP contribution in [0.25, 0.3) is 0 Å². The van der Waals surface area contributed by atoms with Crippen LogP contribution in [-0.4, -0.2) is 18.3 Å². The molecule has 1 amide bonds. The molecule has 0 aromatic heterocycles. The first-order chi connectivity index (χ1) is 11.1. The van der Waals surface area contributed by atoms with E-state index in [2.05, 4.69) is 22.0 Å². The first kappa shape index (κ1) is 16.2. The van der Waals surface area contributed by atoms with Gasteiger partial charge in [-0.2, -0.15) is 0 Å². The number of carbonyl (C=O) groups is 1. The Morgan fingerprint density at radius 3 is 2.17 bits per heavy atom. The Bertz CT molecular complexity index is 749. The number of nitrogens with two attached hydrogens (primary N) is 1. The number of rotatable bonds is 5. The molecule has 0 bridgehead atoms. The monoisotopic (exact) mass is 306 g/mol. The van der Waals surface area contributed by atoms with E-state index >= 15 is 0 Å². The third-order valence-electron chi connectivity index (χ3n) is 3.13. The summed E-state index contributed by atoms with van der Waals surface area (Å²) in [6, 6.07) is 18.6. The van der Waals surface area contributed by atoms with Crippen LogP contribution in [-0.2, 0) is 4.79 Å². The molecule has 0 atom stereocenters. The van der Waals surface area contributed by atoms with Crippen LogP contribution in [0.3, 0.4) is 0 Å². The van der Waals surface area contributed by atoms with E-state index in [-0.39, 0.29) is 11.5 Å². The lowest BCUT2D eigenvalue weighted by molar-refractivity contribution is -0.112. The molecule has 2 rings (SSSR count). The molecule has 0 aliphatic carbocycles. The van der Waals surface area contributed by atoms with Crippen molar-refractivity contribution in [1.29, 1.82) is 0 Å². The molecule has 0 heterocycles. The molecule has 116 valence electrons. The van der Waals surface area contributed by atoms with Crippen LogP contribution in [0.2, 0.25) is 0 Å². The summed E-state index contributed by atoms with van der Waals surface area (Å²) in [6.45, 7) is 5.18. The molecular formula is C18H18N4O. The van der Waals surface area contributed by atoms with Crippen LogP contribution in [0.4, 0.5) is 5.69 Å². The Hall–Kier alpha value is -3.21. The second kappa shape index (κ2) is 7.70. The molecular weight excluding hydrogens is 288 g/mol. The van der Waals surface area contributed by atoms with Crippen LogP contribution < -0.4 is 11.1 Å². The molecule has 2 aromatic carbocycles. The number of nitrogens with zero attached hydrogens (tertiary/aromatic N) is 2. The highest BCUT2D eigenvalue weighted by Gasteiger charge is 2.14. The van der Waals surface area contributed by atoms with Crippen LogP contribution in [0, 0.1) is 0 Å². The van der Waals surface area contributed by atoms with Gasteiger partial charge in [-0.05, 0) is 31.3 Å². The standard InChI is InChI=1S/C18H18N4O/c1-13(14-9-5-3-6-10-14)21-16(17(19)20-2)18(23)22-15-11-7-4-8-12-15/h3-12H,2,19H2,1H3,(H,22,23)/b17-16-,21-13+. The summed E-state index contributed by atoms with van der Waals surface area (Å²) in [7, 11) is 0. The van der Waals surface area contributed by atoms with E-state index in [4.69, 9.17) is 5.73 Å². The molecule has 0 saturated carbocycles. The Morgan fingerprint density at radius 2 is 1.61 bits per heavy atom. The van der Waals surface area contributed by atoms with Gasteiger partial charge in [0.2, 0.25) is 0 Å². The fraction of sp³-hybridized carbons (Fsp3) is 0.0556. The van der Waals surface area contributed by atoms with Crippen molar-refractivity contribution >= 4 is 24.0 Å². The molecule has 0 fully saturated rings. The molecule has 0 saturated heterocycles. The number of hydrogen-bond acceptors (Lipinski definition) is 4. The third-order valence-corrected chi connectivity index (χ3v) is 3.13. The number of amides is 1. The molecule has 5 nitrogen and oxygen atoms in total.